The van der Waals surface area contributed by atoms with E-state index in [1.54, 1.807) is 12.3 Å². The van der Waals surface area contributed by atoms with Crippen molar-refractivity contribution in [3.63, 3.8) is 0 Å². The zero-order valence-electron chi connectivity index (χ0n) is 15.2. The maximum atomic E-state index is 9.10. The molecule has 0 spiro atoms. The van der Waals surface area contributed by atoms with Gasteiger partial charge in [-0.3, -0.25) is 0 Å². The molecule has 0 atom stereocenters. The maximum Gasteiger partial charge on any atom is 0.143 e. The molecule has 1 aromatic heterocycles. The molecule has 26 heavy (non-hydrogen) atoms. The van der Waals surface area contributed by atoms with Gasteiger partial charge in [0.2, 0.25) is 0 Å². The summed E-state index contributed by atoms with van der Waals surface area (Å²) in [6, 6.07) is 20.1. The zero-order chi connectivity index (χ0) is 18.5. The molecule has 0 saturated carbocycles. The first kappa shape index (κ1) is 17.5. The van der Waals surface area contributed by atoms with Crippen LogP contribution >= 0.6 is 0 Å². The number of nitriles is 1. The lowest BCUT2D eigenvalue weighted by Gasteiger charge is -2.09. The number of benzene rings is 2. The predicted molar refractivity (Wildman–Crippen MR) is 104 cm³/mol. The standard InChI is InChI=1S/C22H21N3O/c1-16-8-10-22(11-9-16)25-17(2)12-21(18(25)3)14-24-26-15-20-7-5-4-6-19(20)13-23/h4-12,14H,15H2,1-3H3/b24-14+. The van der Waals surface area contributed by atoms with E-state index in [1.165, 1.54) is 5.56 Å². The molecule has 1 heterocycles. The molecule has 0 aliphatic heterocycles. The highest BCUT2D eigenvalue weighted by molar-refractivity contribution is 5.81. The van der Waals surface area contributed by atoms with E-state index in [1.807, 2.05) is 18.2 Å². The fourth-order valence-corrected chi connectivity index (χ4v) is 2.97. The van der Waals surface area contributed by atoms with Crippen LogP contribution in [0, 0.1) is 32.1 Å². The summed E-state index contributed by atoms with van der Waals surface area (Å²) >= 11 is 0. The van der Waals surface area contributed by atoms with E-state index in [-0.39, 0.29) is 6.61 Å². The minimum atomic E-state index is 0.275. The van der Waals surface area contributed by atoms with E-state index in [9.17, 15) is 0 Å². The Balaban J connectivity index is 1.74. The van der Waals surface area contributed by atoms with E-state index < -0.39 is 0 Å². The number of aryl methyl sites for hydroxylation is 2. The van der Waals surface area contributed by atoms with Crippen LogP contribution in [0.4, 0.5) is 0 Å². The van der Waals surface area contributed by atoms with Crippen molar-refractivity contribution in [1.82, 2.24) is 4.57 Å². The van der Waals surface area contributed by atoms with Crippen LogP contribution in [-0.2, 0) is 11.4 Å². The average Bonchev–Trinajstić information content (AvgIpc) is 2.93. The van der Waals surface area contributed by atoms with E-state index in [0.29, 0.717) is 5.56 Å². The van der Waals surface area contributed by atoms with Crippen LogP contribution in [0.3, 0.4) is 0 Å². The first-order valence-corrected chi connectivity index (χ1v) is 8.49. The Bertz CT molecular complexity index is 976. The van der Waals surface area contributed by atoms with Crippen molar-refractivity contribution in [2.24, 2.45) is 5.16 Å². The zero-order valence-corrected chi connectivity index (χ0v) is 15.2. The van der Waals surface area contributed by atoms with Crippen LogP contribution in [0.5, 0.6) is 0 Å². The molecule has 4 heteroatoms. The van der Waals surface area contributed by atoms with Crippen molar-refractivity contribution < 1.29 is 4.84 Å². The summed E-state index contributed by atoms with van der Waals surface area (Å²) in [6.07, 6.45) is 1.72. The Labute approximate surface area is 154 Å². The number of aromatic nitrogens is 1. The third-order valence-corrected chi connectivity index (χ3v) is 4.39. The Morgan fingerprint density at radius 2 is 1.81 bits per heavy atom. The van der Waals surface area contributed by atoms with Crippen LogP contribution in [0.1, 0.15) is 33.6 Å². The van der Waals surface area contributed by atoms with Gasteiger partial charge in [-0.2, -0.15) is 5.26 Å². The van der Waals surface area contributed by atoms with Gasteiger partial charge >= 0.3 is 0 Å². The Morgan fingerprint density at radius 3 is 2.54 bits per heavy atom. The fourth-order valence-electron chi connectivity index (χ4n) is 2.97. The van der Waals surface area contributed by atoms with Gasteiger partial charge in [0, 0.05) is 28.2 Å². The van der Waals surface area contributed by atoms with Crippen molar-refractivity contribution in [1.29, 1.82) is 5.26 Å². The van der Waals surface area contributed by atoms with E-state index in [4.69, 9.17) is 10.1 Å². The molecular weight excluding hydrogens is 322 g/mol. The molecule has 4 nitrogen and oxygen atoms in total. The normalized spacial score (nSPS) is 10.8. The molecule has 0 aliphatic carbocycles. The second-order valence-corrected chi connectivity index (χ2v) is 6.27. The highest BCUT2D eigenvalue weighted by atomic mass is 16.6. The van der Waals surface area contributed by atoms with Gasteiger partial charge in [-0.1, -0.05) is 41.1 Å². The summed E-state index contributed by atoms with van der Waals surface area (Å²) in [5, 5.41) is 13.2. The van der Waals surface area contributed by atoms with E-state index in [0.717, 1.165) is 28.2 Å². The lowest BCUT2D eigenvalue weighted by molar-refractivity contribution is 0.132. The number of nitrogens with zero attached hydrogens (tertiary/aromatic N) is 3. The number of rotatable bonds is 5. The van der Waals surface area contributed by atoms with E-state index in [2.05, 4.69) is 66.9 Å². The number of hydrogen-bond acceptors (Lipinski definition) is 3. The van der Waals surface area contributed by atoms with Gasteiger partial charge in [0.1, 0.15) is 6.61 Å². The largest absolute Gasteiger partial charge is 0.391 e. The fraction of sp³-hybridized carbons (Fsp3) is 0.182. The molecule has 3 aromatic rings. The Morgan fingerprint density at radius 1 is 1.08 bits per heavy atom. The molecule has 0 fully saturated rings. The quantitative estimate of drug-likeness (QED) is 0.492. The van der Waals surface area contributed by atoms with Crippen LogP contribution in [0.25, 0.3) is 5.69 Å². The monoisotopic (exact) mass is 343 g/mol. The lowest BCUT2D eigenvalue weighted by atomic mass is 10.1. The number of oxime groups is 1. The second kappa shape index (κ2) is 7.71. The maximum absolute atomic E-state index is 9.10. The van der Waals surface area contributed by atoms with Gasteiger partial charge in [-0.15, -0.1) is 0 Å². The van der Waals surface area contributed by atoms with Crippen LogP contribution in [0.15, 0.2) is 59.8 Å². The molecule has 0 N–H and O–H groups in total. The van der Waals surface area contributed by atoms with Gasteiger partial charge in [-0.25, -0.2) is 0 Å². The summed E-state index contributed by atoms with van der Waals surface area (Å²) in [6.45, 7) is 6.50. The summed E-state index contributed by atoms with van der Waals surface area (Å²) in [5.74, 6) is 0. The SMILES string of the molecule is Cc1ccc(-n2c(C)cc(/C=N/OCc3ccccc3C#N)c2C)cc1. The van der Waals surface area contributed by atoms with Gasteiger partial charge in [0.25, 0.3) is 0 Å². The summed E-state index contributed by atoms with van der Waals surface area (Å²) < 4.78 is 2.20. The second-order valence-electron chi connectivity index (χ2n) is 6.27. The highest BCUT2D eigenvalue weighted by Gasteiger charge is 2.09. The van der Waals surface area contributed by atoms with Crippen molar-refractivity contribution in [2.45, 2.75) is 27.4 Å². The Hall–Kier alpha value is -3.32. The molecule has 0 saturated heterocycles. The minimum absolute atomic E-state index is 0.275. The Kier molecular flexibility index (Phi) is 5.19. The predicted octanol–water partition coefficient (Wildman–Crippen LogP) is 4.82. The highest BCUT2D eigenvalue weighted by Crippen LogP contribution is 2.20. The van der Waals surface area contributed by atoms with Gasteiger partial charge < -0.3 is 9.40 Å². The van der Waals surface area contributed by atoms with Crippen molar-refractivity contribution in [3.8, 4) is 11.8 Å². The molecular formula is C22H21N3O. The van der Waals surface area contributed by atoms with E-state index >= 15 is 0 Å². The first-order valence-electron chi connectivity index (χ1n) is 8.49. The summed E-state index contributed by atoms with van der Waals surface area (Å²) in [7, 11) is 0. The molecule has 0 unspecified atom stereocenters. The van der Waals surface area contributed by atoms with Gasteiger partial charge in [0.05, 0.1) is 17.8 Å². The molecule has 0 radical (unpaired) electrons. The minimum Gasteiger partial charge on any atom is -0.391 e. The van der Waals surface area contributed by atoms with Crippen molar-refractivity contribution in [2.75, 3.05) is 0 Å². The molecule has 0 bridgehead atoms. The molecule has 130 valence electrons. The van der Waals surface area contributed by atoms with Crippen LogP contribution in [-0.4, -0.2) is 10.8 Å². The van der Waals surface area contributed by atoms with Crippen molar-refractivity contribution in [3.05, 3.63) is 88.2 Å². The number of hydrogen-bond donors (Lipinski definition) is 0. The summed E-state index contributed by atoms with van der Waals surface area (Å²) in [5.41, 5.74) is 7.08. The summed E-state index contributed by atoms with van der Waals surface area (Å²) in [4.78, 5) is 5.40. The van der Waals surface area contributed by atoms with Gasteiger partial charge in [0.15, 0.2) is 0 Å². The smallest absolute Gasteiger partial charge is 0.143 e. The third-order valence-electron chi connectivity index (χ3n) is 4.39. The van der Waals surface area contributed by atoms with Gasteiger partial charge in [-0.05, 0) is 45.0 Å². The topological polar surface area (TPSA) is 50.3 Å². The van der Waals surface area contributed by atoms with Crippen molar-refractivity contribution >= 4 is 6.21 Å². The molecule has 2 aromatic carbocycles. The average molecular weight is 343 g/mol. The molecule has 0 amide bonds. The lowest BCUT2D eigenvalue weighted by Crippen LogP contribution is -1.99. The third kappa shape index (κ3) is 3.68. The first-order chi connectivity index (χ1) is 12.6. The van der Waals surface area contributed by atoms with Crippen LogP contribution in [0.2, 0.25) is 0 Å². The molecule has 3 rings (SSSR count). The van der Waals surface area contributed by atoms with Crippen LogP contribution < -0.4 is 0 Å². The molecule has 0 aliphatic rings.